The third-order valence-electron chi connectivity index (χ3n) is 4.78. The van der Waals surface area contributed by atoms with Gasteiger partial charge in [0.1, 0.15) is 5.01 Å². The SMILES string of the molecule is CC(C)c1ccc(C(=O)OCC(=O)N(C)[C@H](C)c2nc3ccccc3s2)cc1. The standard InChI is InChI=1S/C22H24N2O3S/c1-14(2)16-9-11-17(12-10-16)22(26)27-13-20(25)24(4)15(3)21-23-18-7-5-6-8-19(18)28-21/h5-12,14-15H,13H2,1-4H3/t15-/m1/s1. The summed E-state index contributed by atoms with van der Waals surface area (Å²) >= 11 is 1.56. The Morgan fingerprint density at radius 1 is 1.07 bits per heavy atom. The molecule has 1 aromatic heterocycles. The van der Waals surface area contributed by atoms with Crippen LogP contribution in [-0.2, 0) is 9.53 Å². The van der Waals surface area contributed by atoms with E-state index in [-0.39, 0.29) is 18.6 Å². The number of ether oxygens (including phenoxy) is 1. The number of fused-ring (bicyclic) bond motifs is 1. The molecule has 0 spiro atoms. The third kappa shape index (κ3) is 4.39. The van der Waals surface area contributed by atoms with Gasteiger partial charge in [0.15, 0.2) is 6.61 Å². The molecule has 0 saturated carbocycles. The van der Waals surface area contributed by atoms with Crippen molar-refractivity contribution < 1.29 is 14.3 Å². The number of thiazole rings is 1. The zero-order valence-corrected chi connectivity index (χ0v) is 17.3. The van der Waals surface area contributed by atoms with Gasteiger partial charge in [-0.05, 0) is 42.7 Å². The monoisotopic (exact) mass is 396 g/mol. The molecule has 146 valence electrons. The lowest BCUT2D eigenvalue weighted by Gasteiger charge is -2.23. The molecule has 0 unspecified atom stereocenters. The Balaban J connectivity index is 1.59. The van der Waals surface area contributed by atoms with Gasteiger partial charge in [0.25, 0.3) is 5.91 Å². The highest BCUT2D eigenvalue weighted by Gasteiger charge is 2.22. The van der Waals surface area contributed by atoms with Crippen LogP contribution in [0.2, 0.25) is 0 Å². The Kier molecular flexibility index (Phi) is 6.09. The van der Waals surface area contributed by atoms with Crippen molar-refractivity contribution in [2.24, 2.45) is 0 Å². The van der Waals surface area contributed by atoms with Gasteiger partial charge in [0.2, 0.25) is 0 Å². The van der Waals surface area contributed by atoms with Gasteiger partial charge in [-0.3, -0.25) is 4.79 Å². The first-order valence-corrected chi connectivity index (χ1v) is 10.1. The van der Waals surface area contributed by atoms with Gasteiger partial charge in [0.05, 0.1) is 21.8 Å². The Hall–Kier alpha value is -2.73. The number of hydrogen-bond acceptors (Lipinski definition) is 5. The summed E-state index contributed by atoms with van der Waals surface area (Å²) in [7, 11) is 1.70. The topological polar surface area (TPSA) is 59.5 Å². The number of carbonyl (C=O) groups is 2. The fourth-order valence-corrected chi connectivity index (χ4v) is 3.83. The molecular weight excluding hydrogens is 372 g/mol. The van der Waals surface area contributed by atoms with E-state index >= 15 is 0 Å². The van der Waals surface area contributed by atoms with E-state index in [1.807, 2.05) is 43.3 Å². The summed E-state index contributed by atoms with van der Waals surface area (Å²) in [5.74, 6) is -0.368. The van der Waals surface area contributed by atoms with Gasteiger partial charge in [-0.25, -0.2) is 9.78 Å². The Labute approximate surface area is 169 Å². The number of para-hydroxylation sites is 1. The van der Waals surface area contributed by atoms with Gasteiger partial charge < -0.3 is 9.64 Å². The van der Waals surface area contributed by atoms with Crippen LogP contribution in [0.15, 0.2) is 48.5 Å². The number of carbonyl (C=O) groups excluding carboxylic acids is 2. The fraction of sp³-hybridized carbons (Fsp3) is 0.318. The zero-order chi connectivity index (χ0) is 20.3. The van der Waals surface area contributed by atoms with Crippen molar-refractivity contribution in [3.8, 4) is 0 Å². The highest BCUT2D eigenvalue weighted by molar-refractivity contribution is 7.18. The number of hydrogen-bond donors (Lipinski definition) is 0. The van der Waals surface area contributed by atoms with Crippen molar-refractivity contribution in [3.05, 3.63) is 64.7 Å². The molecule has 2 aromatic carbocycles. The maximum absolute atomic E-state index is 12.5. The quantitative estimate of drug-likeness (QED) is 0.562. The summed E-state index contributed by atoms with van der Waals surface area (Å²) in [5, 5.41) is 0.854. The molecule has 5 nitrogen and oxygen atoms in total. The highest BCUT2D eigenvalue weighted by Crippen LogP contribution is 2.28. The van der Waals surface area contributed by atoms with Crippen LogP contribution in [0.1, 0.15) is 53.7 Å². The number of aromatic nitrogens is 1. The molecular formula is C22H24N2O3S. The minimum Gasteiger partial charge on any atom is -0.452 e. The lowest BCUT2D eigenvalue weighted by atomic mass is 10.0. The van der Waals surface area contributed by atoms with Gasteiger partial charge in [-0.15, -0.1) is 11.3 Å². The Morgan fingerprint density at radius 3 is 2.39 bits per heavy atom. The average Bonchev–Trinajstić information content (AvgIpc) is 3.14. The van der Waals surface area contributed by atoms with Crippen LogP contribution in [0.25, 0.3) is 10.2 Å². The average molecular weight is 397 g/mol. The van der Waals surface area contributed by atoms with E-state index in [0.29, 0.717) is 11.5 Å². The second kappa shape index (κ2) is 8.52. The van der Waals surface area contributed by atoms with Crippen LogP contribution < -0.4 is 0 Å². The van der Waals surface area contributed by atoms with Crippen LogP contribution >= 0.6 is 11.3 Å². The summed E-state index contributed by atoms with van der Waals surface area (Å²) < 4.78 is 6.29. The van der Waals surface area contributed by atoms with Gasteiger partial charge in [-0.1, -0.05) is 38.1 Å². The molecule has 0 radical (unpaired) electrons. The molecule has 1 atom stereocenters. The molecule has 1 heterocycles. The molecule has 0 saturated heterocycles. The van der Waals surface area contributed by atoms with E-state index in [1.165, 1.54) is 0 Å². The first-order valence-electron chi connectivity index (χ1n) is 9.25. The minimum atomic E-state index is -0.496. The number of benzene rings is 2. The van der Waals surface area contributed by atoms with E-state index in [0.717, 1.165) is 20.8 Å². The minimum absolute atomic E-state index is 0.200. The third-order valence-corrected chi connectivity index (χ3v) is 5.99. The van der Waals surface area contributed by atoms with Gasteiger partial charge >= 0.3 is 5.97 Å². The van der Waals surface area contributed by atoms with E-state index in [9.17, 15) is 9.59 Å². The number of likely N-dealkylation sites (N-methyl/N-ethyl adjacent to an activating group) is 1. The molecule has 0 N–H and O–H groups in total. The first-order chi connectivity index (χ1) is 13.4. The number of nitrogens with zero attached hydrogens (tertiary/aromatic N) is 2. The largest absolute Gasteiger partial charge is 0.452 e. The van der Waals surface area contributed by atoms with Crippen molar-refractivity contribution in [3.63, 3.8) is 0 Å². The van der Waals surface area contributed by atoms with Crippen LogP contribution in [0.4, 0.5) is 0 Å². The number of rotatable bonds is 6. The second-order valence-corrected chi connectivity index (χ2v) is 8.12. The van der Waals surface area contributed by atoms with E-state index in [1.54, 1.807) is 35.4 Å². The van der Waals surface area contributed by atoms with Crippen LogP contribution in [-0.4, -0.2) is 35.4 Å². The van der Waals surface area contributed by atoms with Crippen LogP contribution in [0.5, 0.6) is 0 Å². The number of amides is 1. The van der Waals surface area contributed by atoms with Crippen LogP contribution in [0.3, 0.4) is 0 Å². The molecule has 28 heavy (non-hydrogen) atoms. The fourth-order valence-electron chi connectivity index (χ4n) is 2.77. The molecule has 0 fully saturated rings. The molecule has 0 aliphatic rings. The van der Waals surface area contributed by atoms with E-state index in [4.69, 9.17) is 4.74 Å². The molecule has 0 bridgehead atoms. The molecule has 1 amide bonds. The maximum atomic E-state index is 12.5. The number of esters is 1. The van der Waals surface area contributed by atoms with Crippen LogP contribution in [0, 0.1) is 0 Å². The lowest BCUT2D eigenvalue weighted by Crippen LogP contribution is -2.33. The van der Waals surface area contributed by atoms with Gasteiger partial charge in [0, 0.05) is 7.05 Å². The van der Waals surface area contributed by atoms with Crippen molar-refractivity contribution in [1.29, 1.82) is 0 Å². The summed E-state index contributed by atoms with van der Waals surface area (Å²) in [5.41, 5.74) is 2.52. The first kappa shape index (κ1) is 20.0. The Morgan fingerprint density at radius 2 is 1.75 bits per heavy atom. The normalized spacial score (nSPS) is 12.2. The predicted molar refractivity (Wildman–Crippen MR) is 112 cm³/mol. The van der Waals surface area contributed by atoms with Crippen molar-refractivity contribution in [1.82, 2.24) is 9.88 Å². The lowest BCUT2D eigenvalue weighted by molar-refractivity contribution is -0.135. The Bertz CT molecular complexity index is 946. The zero-order valence-electron chi connectivity index (χ0n) is 16.5. The van der Waals surface area contributed by atoms with Gasteiger partial charge in [-0.2, -0.15) is 0 Å². The maximum Gasteiger partial charge on any atom is 0.338 e. The van der Waals surface area contributed by atoms with Crippen molar-refractivity contribution >= 4 is 33.4 Å². The summed E-state index contributed by atoms with van der Waals surface area (Å²) in [6.45, 7) is 5.81. The second-order valence-electron chi connectivity index (χ2n) is 7.05. The summed E-state index contributed by atoms with van der Waals surface area (Å²) in [6.07, 6.45) is 0. The predicted octanol–water partition coefficient (Wildman–Crippen LogP) is 4.80. The highest BCUT2D eigenvalue weighted by atomic mass is 32.1. The van der Waals surface area contributed by atoms with E-state index < -0.39 is 5.97 Å². The molecule has 0 aliphatic heterocycles. The summed E-state index contributed by atoms with van der Waals surface area (Å²) in [6, 6.07) is 15.0. The molecule has 6 heteroatoms. The molecule has 3 aromatic rings. The smallest absolute Gasteiger partial charge is 0.338 e. The van der Waals surface area contributed by atoms with Crippen molar-refractivity contribution in [2.45, 2.75) is 32.7 Å². The van der Waals surface area contributed by atoms with Crippen molar-refractivity contribution in [2.75, 3.05) is 13.7 Å². The molecule has 3 rings (SSSR count). The molecule has 0 aliphatic carbocycles. The summed E-state index contributed by atoms with van der Waals surface area (Å²) in [4.78, 5) is 30.8. The van der Waals surface area contributed by atoms with E-state index in [2.05, 4.69) is 18.8 Å².